The molecule has 1 aliphatic rings. The molecule has 22 heavy (non-hydrogen) atoms. The van der Waals surface area contributed by atoms with Gasteiger partial charge in [-0.15, -0.1) is 0 Å². The van der Waals surface area contributed by atoms with Crippen molar-refractivity contribution in [3.05, 3.63) is 0 Å². The van der Waals surface area contributed by atoms with Crippen LogP contribution >= 0.6 is 0 Å². The third-order valence-electron chi connectivity index (χ3n) is 3.14. The van der Waals surface area contributed by atoms with Crippen molar-refractivity contribution in [2.75, 3.05) is 19.8 Å². The topological polar surface area (TPSA) is 89.9 Å². The largest absolute Gasteiger partial charge is 0.465 e. The van der Waals surface area contributed by atoms with E-state index >= 15 is 0 Å². The SMILES string of the molecule is O=C(OCCCCC(F)(F)C(F)(F)S(=O)(=O)O)C1CCOC1. The van der Waals surface area contributed by atoms with E-state index in [1.54, 1.807) is 0 Å². The molecule has 1 aliphatic heterocycles. The van der Waals surface area contributed by atoms with Gasteiger partial charge in [0.05, 0.1) is 19.1 Å². The third kappa shape index (κ3) is 4.53. The second-order valence-corrected chi connectivity index (χ2v) is 6.34. The average Bonchev–Trinajstić information content (AvgIpc) is 2.90. The van der Waals surface area contributed by atoms with Crippen LogP contribution in [0.15, 0.2) is 0 Å². The Hall–Kier alpha value is -0.940. The van der Waals surface area contributed by atoms with Gasteiger partial charge in [0, 0.05) is 13.0 Å². The minimum absolute atomic E-state index is 0.142. The zero-order valence-corrected chi connectivity index (χ0v) is 12.3. The van der Waals surface area contributed by atoms with Gasteiger partial charge in [-0.2, -0.15) is 26.0 Å². The number of hydrogen-bond donors (Lipinski definition) is 1. The van der Waals surface area contributed by atoms with Crippen LogP contribution in [0.2, 0.25) is 0 Å². The Morgan fingerprint density at radius 3 is 2.41 bits per heavy atom. The predicted octanol–water partition coefficient (Wildman–Crippen LogP) is 1.85. The van der Waals surface area contributed by atoms with Crippen LogP contribution in [0.1, 0.15) is 25.7 Å². The third-order valence-corrected chi connectivity index (χ3v) is 4.09. The molecule has 0 aromatic rings. The molecule has 1 saturated heterocycles. The van der Waals surface area contributed by atoms with E-state index in [1.165, 1.54) is 0 Å². The van der Waals surface area contributed by atoms with Crippen LogP contribution in [-0.2, 0) is 24.4 Å². The van der Waals surface area contributed by atoms with Gasteiger partial charge in [0.25, 0.3) is 0 Å². The number of esters is 1. The zero-order chi connectivity index (χ0) is 17.0. The Morgan fingerprint density at radius 2 is 1.91 bits per heavy atom. The minimum atomic E-state index is -6.21. The molecule has 0 aromatic carbocycles. The number of alkyl halides is 4. The van der Waals surface area contributed by atoms with E-state index in [4.69, 9.17) is 14.0 Å². The first-order valence-corrected chi connectivity index (χ1v) is 7.90. The van der Waals surface area contributed by atoms with Gasteiger partial charge in [-0.25, -0.2) is 0 Å². The lowest BCUT2D eigenvalue weighted by molar-refractivity contribution is -0.165. The van der Waals surface area contributed by atoms with E-state index in [-0.39, 0.29) is 19.6 Å². The van der Waals surface area contributed by atoms with Crippen molar-refractivity contribution in [1.29, 1.82) is 0 Å². The lowest BCUT2D eigenvalue weighted by atomic mass is 10.1. The molecule has 0 aromatic heterocycles. The second-order valence-electron chi connectivity index (χ2n) is 4.88. The van der Waals surface area contributed by atoms with E-state index in [0.29, 0.717) is 13.0 Å². The molecule has 1 fully saturated rings. The van der Waals surface area contributed by atoms with Crippen molar-refractivity contribution in [2.45, 2.75) is 36.9 Å². The molecule has 0 aliphatic carbocycles. The van der Waals surface area contributed by atoms with Gasteiger partial charge in [-0.1, -0.05) is 0 Å². The van der Waals surface area contributed by atoms with Crippen LogP contribution < -0.4 is 0 Å². The maximum Gasteiger partial charge on any atom is 0.431 e. The Balaban J connectivity index is 2.32. The average molecular weight is 352 g/mol. The van der Waals surface area contributed by atoms with E-state index in [2.05, 4.69) is 0 Å². The predicted molar refractivity (Wildman–Crippen MR) is 65.2 cm³/mol. The van der Waals surface area contributed by atoms with Crippen LogP contribution in [-0.4, -0.2) is 49.9 Å². The first-order chi connectivity index (χ1) is 9.99. The molecule has 0 spiro atoms. The highest BCUT2D eigenvalue weighted by Gasteiger charge is 2.64. The van der Waals surface area contributed by atoms with Gasteiger partial charge in [0.1, 0.15) is 0 Å². The number of hydrogen-bond acceptors (Lipinski definition) is 5. The van der Waals surface area contributed by atoms with Crippen molar-refractivity contribution in [3.8, 4) is 0 Å². The van der Waals surface area contributed by atoms with E-state index < -0.39 is 46.0 Å². The van der Waals surface area contributed by atoms with Crippen LogP contribution in [0.3, 0.4) is 0 Å². The number of rotatable bonds is 8. The van der Waals surface area contributed by atoms with Crippen LogP contribution in [0.25, 0.3) is 0 Å². The number of unbranched alkanes of at least 4 members (excludes halogenated alkanes) is 1. The first-order valence-electron chi connectivity index (χ1n) is 6.46. The molecule has 130 valence electrons. The molecule has 0 saturated carbocycles. The summed E-state index contributed by atoms with van der Waals surface area (Å²) in [5.41, 5.74) is 0. The Morgan fingerprint density at radius 1 is 1.27 bits per heavy atom. The summed E-state index contributed by atoms with van der Waals surface area (Å²) in [7, 11) is -6.21. The lowest BCUT2D eigenvalue weighted by Crippen LogP contribution is -2.46. The molecular weight excluding hydrogens is 336 g/mol. The number of carbonyl (C=O) groups excluding carboxylic acids is 1. The molecule has 1 atom stereocenters. The fraction of sp³-hybridized carbons (Fsp3) is 0.909. The Labute approximate surface area is 124 Å². The summed E-state index contributed by atoms with van der Waals surface area (Å²) < 4.78 is 90.4. The lowest BCUT2D eigenvalue weighted by Gasteiger charge is -2.23. The van der Waals surface area contributed by atoms with Crippen LogP contribution in [0.4, 0.5) is 17.6 Å². The normalized spacial score (nSPS) is 20.1. The number of ether oxygens (including phenoxy) is 2. The van der Waals surface area contributed by atoms with Gasteiger partial charge in [-0.3, -0.25) is 9.35 Å². The van der Waals surface area contributed by atoms with Crippen LogP contribution in [0.5, 0.6) is 0 Å². The molecule has 1 unspecified atom stereocenters. The Bertz CT molecular complexity index is 487. The summed E-state index contributed by atoms with van der Waals surface area (Å²) >= 11 is 0. The maximum absolute atomic E-state index is 13.1. The molecule has 0 amide bonds. The molecule has 1 rings (SSSR count). The summed E-state index contributed by atoms with van der Waals surface area (Å²) in [5.74, 6) is -5.87. The van der Waals surface area contributed by atoms with Gasteiger partial charge in [0.15, 0.2) is 0 Å². The summed E-state index contributed by atoms with van der Waals surface area (Å²) in [6.45, 7) is 0.400. The molecule has 0 radical (unpaired) electrons. The zero-order valence-electron chi connectivity index (χ0n) is 11.4. The molecule has 1 heterocycles. The molecular formula is C11H16F4O6S. The quantitative estimate of drug-likeness (QED) is 0.310. The fourth-order valence-electron chi connectivity index (χ4n) is 1.79. The van der Waals surface area contributed by atoms with Gasteiger partial charge >= 0.3 is 27.3 Å². The van der Waals surface area contributed by atoms with E-state index in [1.807, 2.05) is 0 Å². The monoisotopic (exact) mass is 352 g/mol. The fourth-order valence-corrected chi connectivity index (χ4v) is 2.27. The first kappa shape index (κ1) is 19.1. The molecule has 1 N–H and O–H groups in total. The smallest absolute Gasteiger partial charge is 0.431 e. The number of halogens is 4. The number of carbonyl (C=O) groups is 1. The molecule has 11 heteroatoms. The molecule has 6 nitrogen and oxygen atoms in total. The highest BCUT2D eigenvalue weighted by atomic mass is 32.2. The molecule has 0 bridgehead atoms. The highest BCUT2D eigenvalue weighted by Crippen LogP contribution is 2.41. The van der Waals surface area contributed by atoms with Gasteiger partial charge in [-0.05, 0) is 19.3 Å². The van der Waals surface area contributed by atoms with Crippen molar-refractivity contribution >= 4 is 16.1 Å². The second kappa shape index (κ2) is 7.09. The van der Waals surface area contributed by atoms with Crippen molar-refractivity contribution < 1.29 is 44.8 Å². The van der Waals surface area contributed by atoms with Crippen LogP contribution in [0, 0.1) is 5.92 Å². The summed E-state index contributed by atoms with van der Waals surface area (Å²) in [5, 5.41) is -5.56. The minimum Gasteiger partial charge on any atom is -0.465 e. The van der Waals surface area contributed by atoms with Crippen molar-refractivity contribution in [1.82, 2.24) is 0 Å². The summed E-state index contributed by atoms with van der Waals surface area (Å²) in [4.78, 5) is 11.4. The van der Waals surface area contributed by atoms with E-state index in [9.17, 15) is 30.8 Å². The van der Waals surface area contributed by atoms with Gasteiger partial charge in [0.2, 0.25) is 0 Å². The van der Waals surface area contributed by atoms with E-state index in [0.717, 1.165) is 0 Å². The standard InChI is InChI=1S/C11H16F4O6S/c12-10(13,11(14,15)22(17,18)19)4-1-2-5-21-9(16)8-3-6-20-7-8/h8H,1-7H2,(H,17,18,19). The Kier molecular flexibility index (Phi) is 6.16. The maximum atomic E-state index is 13.1. The summed E-state index contributed by atoms with van der Waals surface area (Å²) in [6, 6.07) is 0. The van der Waals surface area contributed by atoms with Crippen molar-refractivity contribution in [3.63, 3.8) is 0 Å². The highest BCUT2D eigenvalue weighted by molar-refractivity contribution is 7.87. The van der Waals surface area contributed by atoms with Gasteiger partial charge < -0.3 is 9.47 Å². The summed E-state index contributed by atoms with van der Waals surface area (Å²) in [6.07, 6.45) is -1.62. The van der Waals surface area contributed by atoms with Crippen molar-refractivity contribution in [2.24, 2.45) is 5.92 Å².